The number of benzene rings is 1. The van der Waals surface area contributed by atoms with E-state index >= 15 is 0 Å². The summed E-state index contributed by atoms with van der Waals surface area (Å²) >= 11 is 5.95. The van der Waals surface area contributed by atoms with Gasteiger partial charge in [0.25, 0.3) is 0 Å². The van der Waals surface area contributed by atoms with E-state index in [4.69, 9.17) is 16.3 Å². The molecular weight excluding hydrogens is 364 g/mol. The Labute approximate surface area is 164 Å². The molecule has 7 heteroatoms. The minimum atomic E-state index is 0.0683. The van der Waals surface area contributed by atoms with E-state index in [0.717, 1.165) is 43.1 Å². The van der Waals surface area contributed by atoms with Gasteiger partial charge in [0, 0.05) is 55.3 Å². The van der Waals surface area contributed by atoms with E-state index in [0.29, 0.717) is 24.8 Å². The zero-order valence-corrected chi connectivity index (χ0v) is 16.2. The molecule has 0 aliphatic carbocycles. The van der Waals surface area contributed by atoms with E-state index in [1.165, 1.54) is 0 Å². The largest absolute Gasteiger partial charge is 0.481 e. The monoisotopic (exact) mass is 386 g/mol. The highest BCUT2D eigenvalue weighted by Gasteiger charge is 2.45. The molecule has 2 aromatic rings. The number of hydrogen-bond donors (Lipinski definition) is 0. The number of rotatable bonds is 4. The average molecular weight is 387 g/mol. The second-order valence-electron chi connectivity index (χ2n) is 7.44. The van der Waals surface area contributed by atoms with Gasteiger partial charge in [0.15, 0.2) is 0 Å². The number of halogens is 1. The zero-order chi connectivity index (χ0) is 18.9. The molecule has 1 aromatic heterocycles. The van der Waals surface area contributed by atoms with E-state index in [-0.39, 0.29) is 11.3 Å². The van der Waals surface area contributed by atoms with Crippen LogP contribution in [0.2, 0.25) is 5.02 Å². The number of anilines is 1. The summed E-state index contributed by atoms with van der Waals surface area (Å²) in [6.45, 7) is 3.19. The lowest BCUT2D eigenvalue weighted by molar-refractivity contribution is -0.128. The van der Waals surface area contributed by atoms with Crippen LogP contribution in [0, 0.1) is 5.41 Å². The maximum absolute atomic E-state index is 12.6. The fourth-order valence-corrected chi connectivity index (χ4v) is 4.18. The number of aromatic nitrogens is 2. The third kappa shape index (κ3) is 3.86. The Morgan fingerprint density at radius 3 is 2.63 bits per heavy atom. The van der Waals surface area contributed by atoms with Gasteiger partial charge in [-0.15, -0.1) is 0 Å². The third-order valence-corrected chi connectivity index (χ3v) is 5.88. The highest BCUT2D eigenvalue weighted by atomic mass is 35.5. The van der Waals surface area contributed by atoms with Crippen LogP contribution in [-0.2, 0) is 11.3 Å². The van der Waals surface area contributed by atoms with E-state index in [2.05, 4.69) is 14.9 Å². The number of hydrogen-bond acceptors (Lipinski definition) is 5. The SMILES string of the molecule is COc1ccnc(N2CCC3(CC2)CC(=O)N(Cc2ccc(Cl)cc2)C3)n1. The van der Waals surface area contributed by atoms with Gasteiger partial charge in [-0.3, -0.25) is 4.79 Å². The minimum absolute atomic E-state index is 0.0683. The fraction of sp³-hybridized carbons (Fsp3) is 0.450. The Balaban J connectivity index is 1.39. The van der Waals surface area contributed by atoms with Gasteiger partial charge < -0.3 is 14.5 Å². The number of piperidine rings is 1. The van der Waals surface area contributed by atoms with E-state index in [9.17, 15) is 4.79 Å². The quantitative estimate of drug-likeness (QED) is 0.807. The standard InChI is InChI=1S/C20H23ClN4O2/c1-27-17-6-9-22-19(23-17)24-10-7-20(8-11-24)12-18(26)25(14-20)13-15-2-4-16(21)5-3-15/h2-6,9H,7-8,10-14H2,1H3. The normalized spacial score (nSPS) is 19.0. The van der Waals surface area contributed by atoms with Crippen LogP contribution in [0.1, 0.15) is 24.8 Å². The van der Waals surface area contributed by atoms with Crippen molar-refractivity contribution in [2.24, 2.45) is 5.41 Å². The van der Waals surface area contributed by atoms with Crippen LogP contribution in [0.15, 0.2) is 36.5 Å². The first-order valence-electron chi connectivity index (χ1n) is 9.21. The first-order valence-corrected chi connectivity index (χ1v) is 9.59. The molecule has 1 amide bonds. The molecule has 2 aliphatic rings. The zero-order valence-electron chi connectivity index (χ0n) is 15.4. The highest BCUT2D eigenvalue weighted by Crippen LogP contribution is 2.42. The van der Waals surface area contributed by atoms with Crippen LogP contribution >= 0.6 is 11.6 Å². The number of amides is 1. The molecule has 0 bridgehead atoms. The van der Waals surface area contributed by atoms with Crippen molar-refractivity contribution in [3.05, 3.63) is 47.1 Å². The second-order valence-corrected chi connectivity index (χ2v) is 7.88. The van der Waals surface area contributed by atoms with Crippen LogP contribution in [0.25, 0.3) is 0 Å². The molecule has 2 saturated heterocycles. The Morgan fingerprint density at radius 1 is 1.19 bits per heavy atom. The van der Waals surface area contributed by atoms with Crippen molar-refractivity contribution in [1.29, 1.82) is 0 Å². The van der Waals surface area contributed by atoms with Crippen molar-refractivity contribution in [2.45, 2.75) is 25.8 Å². The van der Waals surface area contributed by atoms with Crippen LogP contribution < -0.4 is 9.64 Å². The molecule has 2 aliphatic heterocycles. The molecule has 6 nitrogen and oxygen atoms in total. The lowest BCUT2D eigenvalue weighted by atomic mass is 9.77. The number of carbonyl (C=O) groups is 1. The van der Waals surface area contributed by atoms with E-state index < -0.39 is 0 Å². The summed E-state index contributed by atoms with van der Waals surface area (Å²) < 4.78 is 5.19. The van der Waals surface area contributed by atoms with Crippen molar-refractivity contribution in [2.75, 3.05) is 31.6 Å². The van der Waals surface area contributed by atoms with Crippen LogP contribution in [0.5, 0.6) is 5.88 Å². The molecule has 0 saturated carbocycles. The number of methoxy groups -OCH3 is 1. The summed E-state index contributed by atoms with van der Waals surface area (Å²) in [5, 5.41) is 0.718. The summed E-state index contributed by atoms with van der Waals surface area (Å²) in [5.41, 5.74) is 1.19. The van der Waals surface area contributed by atoms with Crippen molar-refractivity contribution in [3.63, 3.8) is 0 Å². The number of nitrogens with zero attached hydrogens (tertiary/aromatic N) is 4. The Kier molecular flexibility index (Phi) is 4.91. The van der Waals surface area contributed by atoms with Crippen molar-refractivity contribution in [3.8, 4) is 5.88 Å². The number of likely N-dealkylation sites (tertiary alicyclic amines) is 1. The highest BCUT2D eigenvalue weighted by molar-refractivity contribution is 6.30. The van der Waals surface area contributed by atoms with Crippen LogP contribution in [-0.4, -0.2) is 47.5 Å². The van der Waals surface area contributed by atoms with E-state index in [1.54, 1.807) is 19.4 Å². The first-order chi connectivity index (χ1) is 13.1. The summed E-state index contributed by atoms with van der Waals surface area (Å²) in [4.78, 5) is 25.6. The summed E-state index contributed by atoms with van der Waals surface area (Å²) in [5.74, 6) is 1.52. The first kappa shape index (κ1) is 18.0. The number of ether oxygens (including phenoxy) is 1. The van der Waals surface area contributed by atoms with Crippen LogP contribution in [0.4, 0.5) is 5.95 Å². The maximum Gasteiger partial charge on any atom is 0.228 e. The van der Waals surface area contributed by atoms with Gasteiger partial charge in [-0.2, -0.15) is 4.98 Å². The molecule has 3 heterocycles. The van der Waals surface area contributed by atoms with Crippen molar-refractivity contribution < 1.29 is 9.53 Å². The Bertz CT molecular complexity index is 819. The van der Waals surface area contributed by atoms with Crippen LogP contribution in [0.3, 0.4) is 0 Å². The van der Waals surface area contributed by atoms with Gasteiger partial charge in [0.1, 0.15) is 0 Å². The maximum atomic E-state index is 12.6. The molecule has 0 unspecified atom stereocenters. The molecular formula is C20H23ClN4O2. The fourth-order valence-electron chi connectivity index (χ4n) is 4.05. The summed E-state index contributed by atoms with van der Waals surface area (Å²) in [6, 6.07) is 9.48. The van der Waals surface area contributed by atoms with Gasteiger partial charge in [-0.05, 0) is 30.5 Å². The predicted molar refractivity (Wildman–Crippen MR) is 104 cm³/mol. The Morgan fingerprint density at radius 2 is 1.93 bits per heavy atom. The van der Waals surface area contributed by atoms with Crippen molar-refractivity contribution in [1.82, 2.24) is 14.9 Å². The van der Waals surface area contributed by atoms with E-state index in [1.807, 2.05) is 29.2 Å². The van der Waals surface area contributed by atoms with Gasteiger partial charge in [-0.25, -0.2) is 4.98 Å². The minimum Gasteiger partial charge on any atom is -0.481 e. The topological polar surface area (TPSA) is 58.6 Å². The van der Waals surface area contributed by atoms with Crippen molar-refractivity contribution >= 4 is 23.5 Å². The number of carbonyl (C=O) groups excluding carboxylic acids is 1. The average Bonchev–Trinajstić information content (AvgIpc) is 2.99. The second kappa shape index (κ2) is 7.35. The van der Waals surface area contributed by atoms with Gasteiger partial charge >= 0.3 is 0 Å². The Hall–Kier alpha value is -2.34. The molecule has 1 aromatic carbocycles. The molecule has 4 rings (SSSR count). The third-order valence-electron chi connectivity index (χ3n) is 5.63. The molecule has 27 heavy (non-hydrogen) atoms. The molecule has 0 radical (unpaired) electrons. The van der Waals surface area contributed by atoms with Gasteiger partial charge in [0.05, 0.1) is 7.11 Å². The summed E-state index contributed by atoms with van der Waals surface area (Å²) in [6.07, 6.45) is 4.29. The lowest BCUT2D eigenvalue weighted by Gasteiger charge is -2.38. The summed E-state index contributed by atoms with van der Waals surface area (Å²) in [7, 11) is 1.61. The molecule has 0 atom stereocenters. The molecule has 0 N–H and O–H groups in total. The molecule has 1 spiro atoms. The van der Waals surface area contributed by atoms with Gasteiger partial charge in [0.2, 0.25) is 17.7 Å². The molecule has 2 fully saturated rings. The lowest BCUT2D eigenvalue weighted by Crippen LogP contribution is -2.42. The molecule has 142 valence electrons. The predicted octanol–water partition coefficient (Wildman–Crippen LogP) is 3.16. The van der Waals surface area contributed by atoms with Gasteiger partial charge in [-0.1, -0.05) is 23.7 Å². The smallest absolute Gasteiger partial charge is 0.228 e.